The number of ketones is 2. The van der Waals surface area contributed by atoms with Gasteiger partial charge in [0, 0.05) is 47.1 Å². The van der Waals surface area contributed by atoms with Gasteiger partial charge in [0.1, 0.15) is 0 Å². The number of furan rings is 1. The highest BCUT2D eigenvalue weighted by Gasteiger charge is 2.35. The van der Waals surface area contributed by atoms with Gasteiger partial charge in [-0.3, -0.25) is 14.5 Å². The predicted octanol–water partition coefficient (Wildman–Crippen LogP) is 8.24. The Labute approximate surface area is 230 Å². The molecule has 6 aromatic rings. The highest BCUT2D eigenvalue weighted by atomic mass is 16.4. The number of nitrogens with zero attached hydrogens (tertiary/aromatic N) is 2. The Morgan fingerprint density at radius 1 is 0.800 bits per heavy atom. The molecule has 1 aliphatic heterocycles. The highest BCUT2D eigenvalue weighted by molar-refractivity contribution is 6.42. The number of rotatable bonds is 3. The number of aryl methyl sites for hydroxylation is 1. The molecule has 4 aromatic carbocycles. The molecule has 2 aromatic heterocycles. The lowest BCUT2D eigenvalue weighted by Gasteiger charge is -2.30. The van der Waals surface area contributed by atoms with Crippen LogP contribution in [-0.2, 0) is 13.0 Å². The Kier molecular flexibility index (Phi) is 4.80. The molecule has 0 amide bonds. The number of carbonyl (C=O) groups excluding carboxylic acids is 2. The van der Waals surface area contributed by atoms with E-state index < -0.39 is 0 Å². The Hall–Kier alpha value is -5.16. The summed E-state index contributed by atoms with van der Waals surface area (Å²) in [5.74, 6) is 0.360. The fourth-order valence-electron chi connectivity index (χ4n) is 6.30. The first-order valence-corrected chi connectivity index (χ1v) is 13.5. The molecule has 1 aliphatic carbocycles. The predicted molar refractivity (Wildman–Crippen MR) is 158 cm³/mol. The van der Waals surface area contributed by atoms with Crippen LogP contribution in [0.2, 0.25) is 0 Å². The maximum atomic E-state index is 13.4. The van der Waals surface area contributed by atoms with Crippen molar-refractivity contribution in [1.82, 2.24) is 4.57 Å². The van der Waals surface area contributed by atoms with Crippen LogP contribution < -0.4 is 4.90 Å². The van der Waals surface area contributed by atoms with E-state index in [9.17, 15) is 9.59 Å². The molecule has 2 aliphatic rings. The van der Waals surface area contributed by atoms with Crippen LogP contribution in [0.1, 0.15) is 44.5 Å². The summed E-state index contributed by atoms with van der Waals surface area (Å²) in [5.41, 5.74) is 8.14. The van der Waals surface area contributed by atoms with Gasteiger partial charge in [0.15, 0.2) is 17.1 Å². The molecular weight excluding hydrogens is 496 g/mol. The summed E-state index contributed by atoms with van der Waals surface area (Å²) in [6.45, 7) is 2.74. The van der Waals surface area contributed by atoms with E-state index in [4.69, 9.17) is 4.42 Å². The minimum Gasteiger partial charge on any atom is -0.438 e. The molecule has 0 atom stereocenters. The molecule has 0 saturated carbocycles. The number of allylic oxidation sites excluding steroid dienone is 1. The second-order valence-electron chi connectivity index (χ2n) is 10.3. The number of benzene rings is 4. The van der Waals surface area contributed by atoms with Gasteiger partial charge in [0.05, 0.1) is 16.8 Å². The molecule has 0 unspecified atom stereocenters. The van der Waals surface area contributed by atoms with E-state index in [-0.39, 0.29) is 17.1 Å². The topological polar surface area (TPSA) is 55.5 Å². The van der Waals surface area contributed by atoms with Crippen LogP contribution in [0.15, 0.2) is 107 Å². The van der Waals surface area contributed by atoms with Gasteiger partial charge in [-0.1, -0.05) is 60.7 Å². The van der Waals surface area contributed by atoms with Gasteiger partial charge in [0.25, 0.3) is 0 Å². The van der Waals surface area contributed by atoms with E-state index in [1.54, 1.807) is 6.08 Å². The normalized spacial score (nSPS) is 14.1. The number of Topliss-reactive ketones (excluding diaryl/α,β-unsaturated/α-hetero) is 2. The third-order valence-electron chi connectivity index (χ3n) is 8.13. The number of aromatic nitrogens is 1. The van der Waals surface area contributed by atoms with Gasteiger partial charge in [-0.2, -0.15) is 0 Å². The molecule has 0 saturated heterocycles. The zero-order chi connectivity index (χ0) is 27.0. The monoisotopic (exact) mass is 520 g/mol. The van der Waals surface area contributed by atoms with Crippen LogP contribution in [0.4, 0.5) is 17.3 Å². The van der Waals surface area contributed by atoms with Crippen LogP contribution in [-0.4, -0.2) is 16.1 Å². The quantitative estimate of drug-likeness (QED) is 0.174. The molecule has 0 bridgehead atoms. The van der Waals surface area contributed by atoms with E-state index in [0.717, 1.165) is 56.8 Å². The van der Waals surface area contributed by atoms with Gasteiger partial charge in [-0.25, -0.2) is 0 Å². The molecule has 3 heterocycles. The third-order valence-corrected chi connectivity index (χ3v) is 8.13. The number of hydrogen-bond donors (Lipinski definition) is 0. The van der Waals surface area contributed by atoms with Gasteiger partial charge in [-0.15, -0.1) is 0 Å². The van der Waals surface area contributed by atoms with Gasteiger partial charge in [0.2, 0.25) is 5.88 Å². The van der Waals surface area contributed by atoms with Crippen molar-refractivity contribution in [3.63, 3.8) is 0 Å². The average Bonchev–Trinajstić information content (AvgIpc) is 3.59. The van der Waals surface area contributed by atoms with Crippen molar-refractivity contribution >= 4 is 56.8 Å². The summed E-state index contributed by atoms with van der Waals surface area (Å²) in [7, 11) is 0. The van der Waals surface area contributed by atoms with Gasteiger partial charge < -0.3 is 8.98 Å². The van der Waals surface area contributed by atoms with E-state index in [0.29, 0.717) is 17.7 Å². The highest BCUT2D eigenvalue weighted by Crippen LogP contribution is 2.48. The van der Waals surface area contributed by atoms with Crippen LogP contribution >= 0.6 is 0 Å². The maximum absolute atomic E-state index is 13.4. The molecule has 8 rings (SSSR count). The Morgan fingerprint density at radius 3 is 2.15 bits per heavy atom. The molecule has 0 radical (unpaired) electrons. The van der Waals surface area contributed by atoms with Gasteiger partial charge in [-0.05, 0) is 59.7 Å². The van der Waals surface area contributed by atoms with Crippen molar-refractivity contribution in [3.8, 4) is 0 Å². The molecule has 5 heteroatoms. The number of hydrogen-bond acceptors (Lipinski definition) is 4. The summed E-state index contributed by atoms with van der Waals surface area (Å²) in [4.78, 5) is 29.1. The minimum absolute atomic E-state index is 0.199. The van der Waals surface area contributed by atoms with E-state index in [1.165, 1.54) is 5.56 Å². The number of para-hydroxylation sites is 2. The standard InChI is InChI=1S/C35H24N2O3/c1-2-36-25(19-29-33(38)26-16-21-10-6-7-11-22(21)17-27(26)34(29)39)20-31-32(36)28-18-23-12-8-9-15-30(23)37(35(28)40-31)24-13-4-3-5-14-24/h3-17,19-20H,2,18H2,1H3. The number of fused-ring (bicyclic) bond motifs is 6. The van der Waals surface area contributed by atoms with Crippen LogP contribution in [0, 0.1) is 0 Å². The molecule has 5 nitrogen and oxygen atoms in total. The summed E-state index contributed by atoms with van der Waals surface area (Å²) < 4.78 is 8.73. The van der Waals surface area contributed by atoms with Gasteiger partial charge >= 0.3 is 0 Å². The van der Waals surface area contributed by atoms with E-state index in [2.05, 4.69) is 52.8 Å². The maximum Gasteiger partial charge on any atom is 0.210 e. The van der Waals surface area contributed by atoms with Crippen molar-refractivity contribution < 1.29 is 14.0 Å². The molecule has 40 heavy (non-hydrogen) atoms. The molecular formula is C35H24N2O3. The summed E-state index contributed by atoms with van der Waals surface area (Å²) in [5, 5.41) is 1.90. The summed E-state index contributed by atoms with van der Waals surface area (Å²) >= 11 is 0. The Balaban J connectivity index is 1.28. The smallest absolute Gasteiger partial charge is 0.210 e. The largest absolute Gasteiger partial charge is 0.438 e. The lowest BCUT2D eigenvalue weighted by molar-refractivity contribution is 0.0990. The SMILES string of the molecule is CCn1c(C=C2C(=O)c3cc4ccccc4cc3C2=O)cc2oc3c(c21)Cc1ccccc1N3c1ccccc1. The fraction of sp³-hybridized carbons (Fsp3) is 0.0857. The van der Waals surface area contributed by atoms with E-state index in [1.807, 2.05) is 60.7 Å². The zero-order valence-corrected chi connectivity index (χ0v) is 21.8. The van der Waals surface area contributed by atoms with Crippen molar-refractivity contribution in [1.29, 1.82) is 0 Å². The Morgan fingerprint density at radius 2 is 1.45 bits per heavy atom. The summed E-state index contributed by atoms with van der Waals surface area (Å²) in [6.07, 6.45) is 2.48. The second kappa shape index (κ2) is 8.42. The van der Waals surface area contributed by atoms with Crippen molar-refractivity contribution in [2.24, 2.45) is 0 Å². The Bertz CT molecular complexity index is 2000. The minimum atomic E-state index is -0.225. The second-order valence-corrected chi connectivity index (χ2v) is 10.3. The van der Waals surface area contributed by atoms with E-state index >= 15 is 0 Å². The van der Waals surface area contributed by atoms with Crippen LogP contribution in [0.3, 0.4) is 0 Å². The third kappa shape index (κ3) is 3.15. The first kappa shape index (κ1) is 22.8. The first-order chi connectivity index (χ1) is 19.6. The van der Waals surface area contributed by atoms with Crippen LogP contribution in [0.25, 0.3) is 27.9 Å². The molecule has 0 N–H and O–H groups in total. The van der Waals surface area contributed by atoms with Crippen LogP contribution in [0.5, 0.6) is 0 Å². The van der Waals surface area contributed by atoms with Crippen molar-refractivity contribution in [3.05, 3.63) is 131 Å². The molecule has 192 valence electrons. The molecule has 0 spiro atoms. The van der Waals surface area contributed by atoms with Crippen molar-refractivity contribution in [2.75, 3.05) is 4.90 Å². The first-order valence-electron chi connectivity index (χ1n) is 13.5. The fourth-order valence-corrected chi connectivity index (χ4v) is 6.30. The summed E-state index contributed by atoms with van der Waals surface area (Å²) in [6, 6.07) is 32.1. The number of anilines is 3. The lowest BCUT2D eigenvalue weighted by atomic mass is 9.98. The lowest BCUT2D eigenvalue weighted by Crippen LogP contribution is -2.17. The average molecular weight is 521 g/mol. The molecule has 0 fully saturated rings. The van der Waals surface area contributed by atoms with Crippen molar-refractivity contribution in [2.45, 2.75) is 19.9 Å². The zero-order valence-electron chi connectivity index (χ0n) is 21.8. The number of carbonyl (C=O) groups is 2.